The third-order valence-electron chi connectivity index (χ3n) is 3.93. The number of nitriles is 1. The highest BCUT2D eigenvalue weighted by Crippen LogP contribution is 2.32. The van der Waals surface area contributed by atoms with Gasteiger partial charge in [-0.1, -0.05) is 36.0 Å². The fourth-order valence-electron chi connectivity index (χ4n) is 2.68. The topological polar surface area (TPSA) is 87.0 Å². The van der Waals surface area contributed by atoms with E-state index in [1.54, 1.807) is 24.3 Å². The second-order valence-corrected chi connectivity index (χ2v) is 9.09. The van der Waals surface area contributed by atoms with E-state index in [0.29, 0.717) is 17.5 Å². The fraction of sp³-hybridized carbons (Fsp3) is 0.222. The summed E-state index contributed by atoms with van der Waals surface area (Å²) in [7, 11) is -3.05. The Balaban J connectivity index is 1.81. The van der Waals surface area contributed by atoms with Crippen LogP contribution in [0.15, 0.2) is 58.3 Å². The lowest BCUT2D eigenvalue weighted by Gasteiger charge is -2.13. The number of hydrogen-bond acceptors (Lipinski definition) is 5. The van der Waals surface area contributed by atoms with E-state index in [0.717, 1.165) is 9.79 Å². The summed E-state index contributed by atoms with van der Waals surface area (Å²) >= 11 is 1.35. The molecule has 0 spiro atoms. The average molecular weight is 372 g/mol. The minimum absolute atomic E-state index is 0.00862. The largest absolute Gasteiger partial charge is 0.348 e. The lowest BCUT2D eigenvalue weighted by atomic mass is 10.2. The van der Waals surface area contributed by atoms with Crippen LogP contribution in [-0.2, 0) is 9.84 Å². The van der Waals surface area contributed by atoms with Crippen molar-refractivity contribution in [2.75, 3.05) is 11.5 Å². The first-order chi connectivity index (χ1) is 12.0. The summed E-state index contributed by atoms with van der Waals surface area (Å²) in [5, 5.41) is 12.0. The molecule has 1 N–H and O–H groups in total. The molecule has 1 saturated heterocycles. The van der Waals surface area contributed by atoms with Crippen LogP contribution < -0.4 is 5.32 Å². The van der Waals surface area contributed by atoms with Crippen molar-refractivity contribution in [1.82, 2.24) is 5.32 Å². The van der Waals surface area contributed by atoms with Gasteiger partial charge in [-0.05, 0) is 30.7 Å². The molecule has 25 heavy (non-hydrogen) atoms. The number of carbonyl (C=O) groups is 1. The summed E-state index contributed by atoms with van der Waals surface area (Å²) in [6.45, 7) is 0. The molecular weight excluding hydrogens is 356 g/mol. The number of carbonyl (C=O) groups excluding carboxylic acids is 1. The molecule has 1 aliphatic rings. The molecule has 1 fully saturated rings. The second kappa shape index (κ2) is 7.30. The minimum atomic E-state index is -3.05. The number of rotatable bonds is 4. The average Bonchev–Trinajstić information content (AvgIpc) is 2.94. The molecule has 1 heterocycles. The maximum atomic E-state index is 12.6. The Morgan fingerprint density at radius 3 is 2.48 bits per heavy atom. The maximum Gasteiger partial charge on any atom is 0.252 e. The molecule has 0 saturated carbocycles. The van der Waals surface area contributed by atoms with Crippen LogP contribution >= 0.6 is 11.8 Å². The molecule has 1 aliphatic heterocycles. The van der Waals surface area contributed by atoms with Crippen LogP contribution in [0.2, 0.25) is 0 Å². The van der Waals surface area contributed by atoms with Gasteiger partial charge in [-0.3, -0.25) is 4.79 Å². The Bertz CT molecular complexity index is 949. The Morgan fingerprint density at radius 1 is 1.12 bits per heavy atom. The van der Waals surface area contributed by atoms with Gasteiger partial charge in [-0.15, -0.1) is 0 Å². The van der Waals surface area contributed by atoms with E-state index in [2.05, 4.69) is 11.4 Å². The van der Waals surface area contributed by atoms with E-state index < -0.39 is 9.84 Å². The minimum Gasteiger partial charge on any atom is -0.348 e. The first-order valence-corrected chi connectivity index (χ1v) is 10.4. The molecule has 0 aliphatic carbocycles. The van der Waals surface area contributed by atoms with Crippen molar-refractivity contribution in [2.24, 2.45) is 0 Å². The zero-order valence-corrected chi connectivity index (χ0v) is 14.9. The van der Waals surface area contributed by atoms with Crippen molar-refractivity contribution in [3.8, 4) is 6.07 Å². The Morgan fingerprint density at radius 2 is 1.80 bits per heavy atom. The van der Waals surface area contributed by atoms with Gasteiger partial charge in [0.15, 0.2) is 9.84 Å². The molecule has 0 bridgehead atoms. The Hall–Kier alpha value is -2.30. The van der Waals surface area contributed by atoms with E-state index in [4.69, 9.17) is 0 Å². The lowest BCUT2D eigenvalue weighted by molar-refractivity contribution is 0.0938. The molecule has 1 atom stereocenters. The van der Waals surface area contributed by atoms with Gasteiger partial charge in [0, 0.05) is 15.8 Å². The van der Waals surface area contributed by atoms with E-state index in [1.807, 2.05) is 24.3 Å². The highest BCUT2D eigenvalue weighted by Gasteiger charge is 2.29. The Labute approximate surface area is 151 Å². The number of nitrogens with zero attached hydrogens (tertiary/aromatic N) is 1. The normalized spacial score (nSPS) is 18.4. The third kappa shape index (κ3) is 4.21. The highest BCUT2D eigenvalue weighted by molar-refractivity contribution is 7.99. The first-order valence-electron chi connectivity index (χ1n) is 7.76. The van der Waals surface area contributed by atoms with Crippen molar-refractivity contribution in [1.29, 1.82) is 5.26 Å². The van der Waals surface area contributed by atoms with E-state index in [-0.39, 0.29) is 23.5 Å². The van der Waals surface area contributed by atoms with Gasteiger partial charge in [0.25, 0.3) is 5.91 Å². The van der Waals surface area contributed by atoms with Crippen LogP contribution in [-0.4, -0.2) is 31.9 Å². The van der Waals surface area contributed by atoms with Crippen LogP contribution in [0.4, 0.5) is 0 Å². The molecule has 0 unspecified atom stereocenters. The second-order valence-electron chi connectivity index (χ2n) is 5.78. The molecule has 1 amide bonds. The number of benzene rings is 2. The summed E-state index contributed by atoms with van der Waals surface area (Å²) in [6, 6.07) is 16.1. The van der Waals surface area contributed by atoms with Gasteiger partial charge in [-0.25, -0.2) is 8.42 Å². The van der Waals surface area contributed by atoms with Gasteiger partial charge < -0.3 is 5.32 Å². The molecule has 2 aromatic rings. The quantitative estimate of drug-likeness (QED) is 0.891. The lowest BCUT2D eigenvalue weighted by Crippen LogP contribution is -2.35. The molecule has 0 radical (unpaired) electrons. The highest BCUT2D eigenvalue weighted by atomic mass is 32.2. The fourth-order valence-corrected chi connectivity index (χ4v) is 5.38. The van der Waals surface area contributed by atoms with Crippen molar-refractivity contribution in [2.45, 2.75) is 22.3 Å². The summed E-state index contributed by atoms with van der Waals surface area (Å²) in [4.78, 5) is 14.1. The summed E-state index contributed by atoms with van der Waals surface area (Å²) in [5.41, 5.74) is 1.02. The van der Waals surface area contributed by atoms with E-state index >= 15 is 0 Å². The maximum absolute atomic E-state index is 12.6. The molecule has 7 heteroatoms. The third-order valence-corrected chi connectivity index (χ3v) is 6.85. The number of hydrogen-bond donors (Lipinski definition) is 1. The smallest absolute Gasteiger partial charge is 0.252 e. The van der Waals surface area contributed by atoms with Gasteiger partial charge in [0.1, 0.15) is 6.07 Å². The number of amides is 1. The standard InChI is InChI=1S/C18H16N2O3S2/c19-11-13-5-1-3-7-16(13)24-17-8-4-2-6-15(17)18(21)20-14-9-10-25(22,23)12-14/h1-8,14H,9-10,12H2,(H,20,21)/t14-/m0/s1. The van der Waals surface area contributed by atoms with Crippen molar-refractivity contribution < 1.29 is 13.2 Å². The molecule has 2 aromatic carbocycles. The monoisotopic (exact) mass is 372 g/mol. The number of nitrogens with one attached hydrogen (secondary N) is 1. The molecule has 5 nitrogen and oxygen atoms in total. The SMILES string of the molecule is N#Cc1ccccc1Sc1ccccc1C(=O)N[C@H]1CCS(=O)(=O)C1. The van der Waals surface area contributed by atoms with Gasteiger partial charge in [-0.2, -0.15) is 5.26 Å². The molecule has 128 valence electrons. The molecular formula is C18H16N2O3S2. The summed E-state index contributed by atoms with van der Waals surface area (Å²) < 4.78 is 23.1. The van der Waals surface area contributed by atoms with Crippen LogP contribution in [0.3, 0.4) is 0 Å². The van der Waals surface area contributed by atoms with Gasteiger partial charge in [0.2, 0.25) is 0 Å². The van der Waals surface area contributed by atoms with Crippen LogP contribution in [0.1, 0.15) is 22.3 Å². The molecule has 3 rings (SSSR count). The summed E-state index contributed by atoms with van der Waals surface area (Å²) in [6.07, 6.45) is 0.445. The van der Waals surface area contributed by atoms with E-state index in [9.17, 15) is 18.5 Å². The predicted molar refractivity (Wildman–Crippen MR) is 96.2 cm³/mol. The van der Waals surface area contributed by atoms with Gasteiger partial charge >= 0.3 is 0 Å². The zero-order valence-electron chi connectivity index (χ0n) is 13.3. The Kier molecular flexibility index (Phi) is 5.11. The van der Waals surface area contributed by atoms with Crippen LogP contribution in [0.25, 0.3) is 0 Å². The molecule has 0 aromatic heterocycles. The number of sulfone groups is 1. The zero-order chi connectivity index (χ0) is 17.9. The van der Waals surface area contributed by atoms with Crippen molar-refractivity contribution in [3.63, 3.8) is 0 Å². The van der Waals surface area contributed by atoms with Crippen LogP contribution in [0.5, 0.6) is 0 Å². The van der Waals surface area contributed by atoms with Crippen molar-refractivity contribution >= 4 is 27.5 Å². The first kappa shape index (κ1) is 17.5. The van der Waals surface area contributed by atoms with E-state index in [1.165, 1.54) is 11.8 Å². The predicted octanol–water partition coefficient (Wildman–Crippen LogP) is 2.63. The summed E-state index contributed by atoms with van der Waals surface area (Å²) in [5.74, 6) is -0.186. The van der Waals surface area contributed by atoms with Crippen LogP contribution in [0, 0.1) is 11.3 Å². The van der Waals surface area contributed by atoms with Gasteiger partial charge in [0.05, 0.1) is 22.6 Å². The van der Waals surface area contributed by atoms with Crippen molar-refractivity contribution in [3.05, 3.63) is 59.7 Å².